The van der Waals surface area contributed by atoms with Gasteiger partial charge >= 0.3 is 0 Å². The topological polar surface area (TPSA) is 81.4 Å². The van der Waals surface area contributed by atoms with Gasteiger partial charge in [0.05, 0.1) is 16.7 Å². The van der Waals surface area contributed by atoms with Crippen LogP contribution in [0.1, 0.15) is 23.2 Å². The minimum atomic E-state index is -0.683. The number of ether oxygens (including phenoxy) is 1. The number of carbonyl (C=O) groups is 2. The number of hydrogen-bond donors (Lipinski definition) is 2. The normalized spacial score (nSPS) is 21.7. The van der Waals surface area contributed by atoms with Crippen LogP contribution in [-0.4, -0.2) is 30.6 Å². The van der Waals surface area contributed by atoms with Gasteiger partial charge in [-0.3, -0.25) is 9.59 Å². The Morgan fingerprint density at radius 2 is 2.20 bits per heavy atom. The first-order chi connectivity index (χ1) is 9.49. The first-order valence-corrected chi connectivity index (χ1v) is 6.54. The van der Waals surface area contributed by atoms with Gasteiger partial charge in [0, 0.05) is 6.54 Å². The molecule has 108 valence electrons. The van der Waals surface area contributed by atoms with Crippen LogP contribution in [0.15, 0.2) is 18.2 Å². The molecule has 0 spiro atoms. The van der Waals surface area contributed by atoms with E-state index in [4.69, 9.17) is 22.1 Å². The molecule has 1 saturated heterocycles. The monoisotopic (exact) mass is 300 g/mol. The second-order valence-electron chi connectivity index (χ2n) is 4.53. The second kappa shape index (κ2) is 6.19. The molecule has 0 saturated carbocycles. The molecule has 0 aromatic heterocycles. The predicted octanol–water partition coefficient (Wildman–Crippen LogP) is 1.24. The molecule has 0 aliphatic carbocycles. The Labute approximate surface area is 120 Å². The number of nitrogens with two attached hydrogens (primary N) is 1. The lowest BCUT2D eigenvalue weighted by atomic mass is 10.1. The zero-order chi connectivity index (χ0) is 14.7. The molecule has 1 fully saturated rings. The fourth-order valence-corrected chi connectivity index (χ4v) is 2.32. The number of carbonyl (C=O) groups excluding carboxylic acids is 2. The largest absolute Gasteiger partial charge is 0.367 e. The van der Waals surface area contributed by atoms with E-state index in [-0.39, 0.29) is 23.2 Å². The number of amides is 2. The smallest absolute Gasteiger partial charge is 0.255 e. The summed E-state index contributed by atoms with van der Waals surface area (Å²) in [7, 11) is 0. The predicted molar refractivity (Wildman–Crippen MR) is 70.8 cm³/mol. The highest BCUT2D eigenvalue weighted by Gasteiger charge is 2.29. The van der Waals surface area contributed by atoms with Crippen molar-refractivity contribution in [2.45, 2.75) is 25.0 Å². The summed E-state index contributed by atoms with van der Waals surface area (Å²) < 4.78 is 18.9. The maximum atomic E-state index is 13.5. The summed E-state index contributed by atoms with van der Waals surface area (Å²) >= 11 is 5.79. The van der Waals surface area contributed by atoms with Gasteiger partial charge in [-0.25, -0.2) is 4.39 Å². The highest BCUT2D eigenvalue weighted by molar-refractivity contribution is 6.33. The standard InChI is InChI=1S/C13H14ClFN2O3/c14-8-2-1-3-9(15)11(8)13(19)17-6-7-4-5-10(20-7)12(16)18/h1-3,7,10H,4-6H2,(H2,16,18)(H,17,19)/t7-,10-/m1/s1. The van der Waals surface area contributed by atoms with Crippen molar-refractivity contribution in [3.8, 4) is 0 Å². The molecular weight excluding hydrogens is 287 g/mol. The van der Waals surface area contributed by atoms with Crippen LogP contribution in [0.4, 0.5) is 4.39 Å². The molecule has 20 heavy (non-hydrogen) atoms. The maximum absolute atomic E-state index is 13.5. The van der Waals surface area contributed by atoms with Crippen LogP contribution in [0.2, 0.25) is 5.02 Å². The van der Waals surface area contributed by atoms with Crippen molar-refractivity contribution in [2.24, 2.45) is 5.73 Å². The number of primary amides is 1. The highest BCUT2D eigenvalue weighted by atomic mass is 35.5. The Morgan fingerprint density at radius 1 is 1.45 bits per heavy atom. The summed E-state index contributed by atoms with van der Waals surface area (Å²) in [6, 6.07) is 4.02. The highest BCUT2D eigenvalue weighted by Crippen LogP contribution is 2.20. The van der Waals surface area contributed by atoms with E-state index < -0.39 is 23.7 Å². The molecule has 1 aliphatic rings. The van der Waals surface area contributed by atoms with Crippen molar-refractivity contribution in [3.05, 3.63) is 34.6 Å². The van der Waals surface area contributed by atoms with Gasteiger partial charge in [-0.15, -0.1) is 0 Å². The summed E-state index contributed by atoms with van der Waals surface area (Å²) in [5.74, 6) is -1.81. The summed E-state index contributed by atoms with van der Waals surface area (Å²) in [5.41, 5.74) is 4.93. The lowest BCUT2D eigenvalue weighted by molar-refractivity contribution is -0.128. The third kappa shape index (κ3) is 3.26. The van der Waals surface area contributed by atoms with Gasteiger partial charge in [0.1, 0.15) is 11.9 Å². The van der Waals surface area contributed by atoms with E-state index in [1.54, 1.807) is 0 Å². The van der Waals surface area contributed by atoms with Crippen molar-refractivity contribution in [1.29, 1.82) is 0 Å². The number of halogens is 2. The molecule has 5 nitrogen and oxygen atoms in total. The van der Waals surface area contributed by atoms with Crippen LogP contribution in [0, 0.1) is 5.82 Å². The average Bonchev–Trinajstić information content (AvgIpc) is 2.85. The average molecular weight is 301 g/mol. The van der Waals surface area contributed by atoms with Crippen molar-refractivity contribution < 1.29 is 18.7 Å². The van der Waals surface area contributed by atoms with E-state index in [2.05, 4.69) is 5.32 Å². The molecule has 0 radical (unpaired) electrons. The zero-order valence-corrected chi connectivity index (χ0v) is 11.3. The SMILES string of the molecule is NC(=O)[C@H]1CC[C@H](CNC(=O)c2c(F)cccc2Cl)O1. The Kier molecular flexibility index (Phi) is 4.57. The molecule has 1 aliphatic heterocycles. The summed E-state index contributed by atoms with van der Waals surface area (Å²) in [4.78, 5) is 22.8. The van der Waals surface area contributed by atoms with Crippen molar-refractivity contribution in [2.75, 3.05) is 6.54 Å². The van der Waals surface area contributed by atoms with Gasteiger partial charge in [-0.05, 0) is 25.0 Å². The molecule has 0 unspecified atom stereocenters. The first-order valence-electron chi connectivity index (χ1n) is 6.16. The fraction of sp³-hybridized carbons (Fsp3) is 0.385. The van der Waals surface area contributed by atoms with Gasteiger partial charge in [-0.2, -0.15) is 0 Å². The lowest BCUT2D eigenvalue weighted by Gasteiger charge is -2.13. The second-order valence-corrected chi connectivity index (χ2v) is 4.94. The number of rotatable bonds is 4. The van der Waals surface area contributed by atoms with E-state index in [0.717, 1.165) is 6.07 Å². The molecule has 7 heteroatoms. The van der Waals surface area contributed by atoms with Crippen LogP contribution >= 0.6 is 11.6 Å². The van der Waals surface area contributed by atoms with Crippen molar-refractivity contribution in [3.63, 3.8) is 0 Å². The van der Waals surface area contributed by atoms with Crippen molar-refractivity contribution in [1.82, 2.24) is 5.32 Å². The third-order valence-corrected chi connectivity index (χ3v) is 3.42. The van der Waals surface area contributed by atoms with Crippen molar-refractivity contribution >= 4 is 23.4 Å². The van der Waals surface area contributed by atoms with Crippen LogP contribution in [-0.2, 0) is 9.53 Å². The minimum Gasteiger partial charge on any atom is -0.367 e. The lowest BCUT2D eigenvalue weighted by Crippen LogP contribution is -2.34. The molecule has 2 atom stereocenters. The molecule has 3 N–H and O–H groups in total. The molecule has 2 amide bonds. The molecule has 1 aromatic carbocycles. The zero-order valence-electron chi connectivity index (χ0n) is 10.6. The first kappa shape index (κ1) is 14.7. The minimum absolute atomic E-state index is 0.0462. The Balaban J connectivity index is 1.92. The molecule has 1 heterocycles. The fourth-order valence-electron chi connectivity index (χ4n) is 2.07. The van der Waals surface area contributed by atoms with Gasteiger partial charge in [0.2, 0.25) is 5.91 Å². The Morgan fingerprint density at radius 3 is 2.80 bits per heavy atom. The van der Waals surface area contributed by atoms with Gasteiger partial charge in [0.15, 0.2) is 0 Å². The number of benzene rings is 1. The Hall–Kier alpha value is -1.66. The van der Waals surface area contributed by atoms with Crippen LogP contribution in [0.5, 0.6) is 0 Å². The van der Waals surface area contributed by atoms with Gasteiger partial charge < -0.3 is 15.8 Å². The molecule has 1 aromatic rings. The van der Waals surface area contributed by atoms with E-state index in [1.165, 1.54) is 12.1 Å². The van der Waals surface area contributed by atoms with Gasteiger partial charge in [0.25, 0.3) is 5.91 Å². The van der Waals surface area contributed by atoms with Crippen LogP contribution < -0.4 is 11.1 Å². The van der Waals surface area contributed by atoms with Gasteiger partial charge in [-0.1, -0.05) is 17.7 Å². The number of nitrogens with one attached hydrogen (secondary N) is 1. The summed E-state index contributed by atoms with van der Waals surface area (Å²) in [6.45, 7) is 0.174. The van der Waals surface area contributed by atoms with E-state index in [1.807, 2.05) is 0 Å². The quantitative estimate of drug-likeness (QED) is 0.878. The molecular formula is C13H14ClFN2O3. The third-order valence-electron chi connectivity index (χ3n) is 3.10. The molecule has 2 rings (SSSR count). The number of hydrogen-bond acceptors (Lipinski definition) is 3. The van der Waals surface area contributed by atoms with Crippen LogP contribution in [0.3, 0.4) is 0 Å². The Bertz CT molecular complexity index is 518. The van der Waals surface area contributed by atoms with Crippen LogP contribution in [0.25, 0.3) is 0 Å². The van der Waals surface area contributed by atoms with E-state index >= 15 is 0 Å². The van der Waals surface area contributed by atoms with E-state index in [9.17, 15) is 14.0 Å². The summed E-state index contributed by atoms with van der Waals surface area (Å²) in [6.07, 6.45) is 0.214. The molecule has 0 bridgehead atoms. The maximum Gasteiger partial charge on any atom is 0.255 e. The van der Waals surface area contributed by atoms with E-state index in [0.29, 0.717) is 12.8 Å². The summed E-state index contributed by atoms with van der Waals surface area (Å²) in [5, 5.41) is 2.59.